The number of halogens is 1. The standard InChI is InChI=1S/C22H18FN5O/c1-13-14(2)28(17-8-6-16(23)7-9-17)21-19(13)22-25-20(26-27(22)12-24-21)15-4-10-18(29-3)11-5-15/h4-12H,1-3H3. The molecule has 0 fully saturated rings. The van der Waals surface area contributed by atoms with Crippen molar-refractivity contribution in [2.45, 2.75) is 13.8 Å². The summed E-state index contributed by atoms with van der Waals surface area (Å²) in [7, 11) is 1.64. The fourth-order valence-electron chi connectivity index (χ4n) is 3.63. The van der Waals surface area contributed by atoms with E-state index in [2.05, 4.69) is 10.1 Å². The highest BCUT2D eigenvalue weighted by Crippen LogP contribution is 2.31. The Hall–Kier alpha value is -3.74. The van der Waals surface area contributed by atoms with E-state index in [1.54, 1.807) is 30.1 Å². The molecule has 3 heterocycles. The molecule has 0 saturated heterocycles. The summed E-state index contributed by atoms with van der Waals surface area (Å²) in [6, 6.07) is 14.0. The molecule has 0 aliphatic rings. The van der Waals surface area contributed by atoms with Gasteiger partial charge in [0.1, 0.15) is 17.9 Å². The van der Waals surface area contributed by atoms with Gasteiger partial charge >= 0.3 is 0 Å². The number of aryl methyl sites for hydroxylation is 1. The SMILES string of the molecule is COc1ccc(-c2nc3c4c(C)c(C)n(-c5ccc(F)cc5)c4ncn3n2)cc1. The van der Waals surface area contributed by atoms with Crippen LogP contribution in [0.5, 0.6) is 5.75 Å². The van der Waals surface area contributed by atoms with Gasteiger partial charge in [0.2, 0.25) is 0 Å². The van der Waals surface area contributed by atoms with Crippen LogP contribution in [0.3, 0.4) is 0 Å². The maximum Gasteiger partial charge on any atom is 0.182 e. The van der Waals surface area contributed by atoms with Crippen molar-refractivity contribution >= 4 is 16.7 Å². The summed E-state index contributed by atoms with van der Waals surface area (Å²) in [5, 5.41) is 5.53. The van der Waals surface area contributed by atoms with Crippen molar-refractivity contribution in [3.8, 4) is 22.8 Å². The van der Waals surface area contributed by atoms with Crippen molar-refractivity contribution in [2.24, 2.45) is 0 Å². The summed E-state index contributed by atoms with van der Waals surface area (Å²) in [4.78, 5) is 9.42. The molecule has 0 amide bonds. The number of benzene rings is 2. The summed E-state index contributed by atoms with van der Waals surface area (Å²) in [6.45, 7) is 4.07. The Bertz CT molecular complexity index is 1350. The largest absolute Gasteiger partial charge is 0.497 e. The van der Waals surface area contributed by atoms with Crippen LogP contribution in [0, 0.1) is 19.7 Å². The topological polar surface area (TPSA) is 57.2 Å². The van der Waals surface area contributed by atoms with Gasteiger partial charge in [-0.2, -0.15) is 0 Å². The van der Waals surface area contributed by atoms with Crippen molar-refractivity contribution < 1.29 is 9.13 Å². The molecule has 0 aliphatic heterocycles. The first-order valence-corrected chi connectivity index (χ1v) is 9.20. The zero-order valence-corrected chi connectivity index (χ0v) is 16.2. The fraction of sp³-hybridized carbons (Fsp3) is 0.136. The normalized spacial score (nSPS) is 11.4. The van der Waals surface area contributed by atoms with Crippen LogP contribution >= 0.6 is 0 Å². The Morgan fingerprint density at radius 3 is 2.34 bits per heavy atom. The number of nitrogens with zero attached hydrogens (tertiary/aromatic N) is 5. The van der Waals surface area contributed by atoms with Crippen LogP contribution in [0.1, 0.15) is 11.3 Å². The first kappa shape index (κ1) is 17.4. The third-order valence-corrected chi connectivity index (χ3v) is 5.27. The van der Waals surface area contributed by atoms with E-state index in [1.165, 1.54) is 12.1 Å². The van der Waals surface area contributed by atoms with Gasteiger partial charge in [-0.25, -0.2) is 18.9 Å². The molecule has 0 bridgehead atoms. The molecule has 6 nitrogen and oxygen atoms in total. The lowest BCUT2D eigenvalue weighted by molar-refractivity contribution is 0.415. The van der Waals surface area contributed by atoms with Crippen LogP contribution in [-0.4, -0.2) is 31.3 Å². The van der Waals surface area contributed by atoms with Crippen LogP contribution in [0.4, 0.5) is 4.39 Å². The third-order valence-electron chi connectivity index (χ3n) is 5.27. The summed E-state index contributed by atoms with van der Waals surface area (Å²) in [6.07, 6.45) is 1.66. The molecule has 5 aromatic rings. The lowest BCUT2D eigenvalue weighted by Gasteiger charge is -2.07. The molecular formula is C22H18FN5O. The Morgan fingerprint density at radius 1 is 0.931 bits per heavy atom. The molecule has 0 saturated carbocycles. The molecule has 0 N–H and O–H groups in total. The molecule has 144 valence electrons. The van der Waals surface area contributed by atoms with E-state index < -0.39 is 0 Å². The molecule has 0 spiro atoms. The van der Waals surface area contributed by atoms with Gasteiger partial charge in [-0.05, 0) is 67.9 Å². The maximum atomic E-state index is 13.4. The number of ether oxygens (including phenoxy) is 1. The van der Waals surface area contributed by atoms with Gasteiger partial charge in [0.15, 0.2) is 17.1 Å². The molecule has 5 rings (SSSR count). The molecule has 3 aromatic heterocycles. The van der Waals surface area contributed by atoms with Gasteiger partial charge in [-0.1, -0.05) is 0 Å². The predicted octanol–water partition coefficient (Wildman–Crippen LogP) is 4.50. The average molecular weight is 387 g/mol. The van der Waals surface area contributed by atoms with E-state index in [1.807, 2.05) is 42.7 Å². The van der Waals surface area contributed by atoms with E-state index in [0.29, 0.717) is 5.82 Å². The van der Waals surface area contributed by atoms with Crippen LogP contribution < -0.4 is 4.74 Å². The van der Waals surface area contributed by atoms with E-state index in [4.69, 9.17) is 9.72 Å². The third kappa shape index (κ3) is 2.66. The van der Waals surface area contributed by atoms with Gasteiger partial charge in [0, 0.05) is 16.9 Å². The van der Waals surface area contributed by atoms with Crippen LogP contribution in [0.25, 0.3) is 33.8 Å². The monoisotopic (exact) mass is 387 g/mol. The summed E-state index contributed by atoms with van der Waals surface area (Å²) in [5.74, 6) is 1.13. The number of fused-ring (bicyclic) bond motifs is 3. The highest BCUT2D eigenvalue weighted by Gasteiger charge is 2.19. The zero-order valence-electron chi connectivity index (χ0n) is 16.2. The summed E-state index contributed by atoms with van der Waals surface area (Å²) in [5.41, 5.74) is 5.36. The number of rotatable bonds is 3. The minimum Gasteiger partial charge on any atom is -0.497 e. The highest BCUT2D eigenvalue weighted by molar-refractivity contribution is 5.95. The minimum atomic E-state index is -0.267. The smallest absolute Gasteiger partial charge is 0.182 e. The number of hydrogen-bond acceptors (Lipinski definition) is 4. The van der Waals surface area contributed by atoms with Gasteiger partial charge < -0.3 is 4.74 Å². The lowest BCUT2D eigenvalue weighted by Crippen LogP contribution is -1.99. The Morgan fingerprint density at radius 2 is 1.66 bits per heavy atom. The van der Waals surface area contributed by atoms with Gasteiger partial charge in [-0.3, -0.25) is 4.57 Å². The lowest BCUT2D eigenvalue weighted by atomic mass is 10.2. The molecule has 0 aliphatic carbocycles. The molecule has 29 heavy (non-hydrogen) atoms. The Labute approximate surface area is 166 Å². The van der Waals surface area contributed by atoms with Gasteiger partial charge in [-0.15, -0.1) is 5.10 Å². The average Bonchev–Trinajstić information content (AvgIpc) is 3.28. The van der Waals surface area contributed by atoms with Crippen molar-refractivity contribution in [2.75, 3.05) is 7.11 Å². The molecule has 2 aromatic carbocycles. The second-order valence-electron chi connectivity index (χ2n) is 6.90. The van der Waals surface area contributed by atoms with Gasteiger partial charge in [0.25, 0.3) is 0 Å². The Balaban J connectivity index is 1.73. The van der Waals surface area contributed by atoms with E-state index in [0.717, 1.165) is 44.9 Å². The zero-order chi connectivity index (χ0) is 20.1. The predicted molar refractivity (Wildman–Crippen MR) is 109 cm³/mol. The quantitative estimate of drug-likeness (QED) is 0.457. The Kier molecular flexibility index (Phi) is 3.84. The van der Waals surface area contributed by atoms with Crippen LogP contribution in [0.15, 0.2) is 54.9 Å². The summed E-state index contributed by atoms with van der Waals surface area (Å²) < 4.78 is 22.3. The minimum absolute atomic E-state index is 0.267. The number of hydrogen-bond donors (Lipinski definition) is 0. The molecule has 0 radical (unpaired) electrons. The first-order valence-electron chi connectivity index (χ1n) is 9.20. The number of aromatic nitrogens is 5. The van der Waals surface area contributed by atoms with Crippen molar-refractivity contribution in [1.82, 2.24) is 24.1 Å². The van der Waals surface area contributed by atoms with E-state index in [-0.39, 0.29) is 5.82 Å². The first-order chi connectivity index (χ1) is 14.1. The molecule has 7 heteroatoms. The molecule has 0 atom stereocenters. The summed E-state index contributed by atoms with van der Waals surface area (Å²) >= 11 is 0. The van der Waals surface area contributed by atoms with Crippen molar-refractivity contribution in [3.63, 3.8) is 0 Å². The van der Waals surface area contributed by atoms with Crippen LogP contribution in [0.2, 0.25) is 0 Å². The second kappa shape index (κ2) is 6.41. The fourth-order valence-corrected chi connectivity index (χ4v) is 3.63. The second-order valence-corrected chi connectivity index (χ2v) is 6.90. The maximum absolute atomic E-state index is 13.4. The van der Waals surface area contributed by atoms with E-state index >= 15 is 0 Å². The van der Waals surface area contributed by atoms with Gasteiger partial charge in [0.05, 0.1) is 12.5 Å². The van der Waals surface area contributed by atoms with E-state index in [9.17, 15) is 4.39 Å². The highest BCUT2D eigenvalue weighted by atomic mass is 19.1. The number of methoxy groups -OCH3 is 1. The van der Waals surface area contributed by atoms with Crippen molar-refractivity contribution in [3.05, 3.63) is 71.9 Å². The molecule has 0 unspecified atom stereocenters. The molecular weight excluding hydrogens is 369 g/mol. The van der Waals surface area contributed by atoms with Crippen molar-refractivity contribution in [1.29, 1.82) is 0 Å². The van der Waals surface area contributed by atoms with Crippen LogP contribution in [-0.2, 0) is 0 Å².